The number of rotatable bonds is 5. The van der Waals surface area contributed by atoms with E-state index in [-0.39, 0.29) is 25.6 Å². The van der Waals surface area contributed by atoms with Crippen molar-refractivity contribution < 1.29 is 24.2 Å². The number of nitrogens with one attached hydrogen (secondary N) is 1. The monoisotopic (exact) mass is 297 g/mol. The number of ether oxygens (including phenoxy) is 1. The molecule has 0 aliphatic carbocycles. The Morgan fingerprint density at radius 1 is 1.52 bits per heavy atom. The van der Waals surface area contributed by atoms with Crippen LogP contribution in [0.2, 0.25) is 0 Å². The van der Waals surface area contributed by atoms with Gasteiger partial charge < -0.3 is 25.0 Å². The number of urea groups is 1. The Bertz CT molecular complexity index is 446. The molecule has 116 valence electrons. The molecule has 0 bridgehead atoms. The van der Waals surface area contributed by atoms with Crippen LogP contribution in [-0.2, 0) is 14.3 Å². The first kappa shape index (κ1) is 16.8. The van der Waals surface area contributed by atoms with Crippen molar-refractivity contribution in [2.24, 2.45) is 0 Å². The minimum absolute atomic E-state index is 0.0779. The van der Waals surface area contributed by atoms with Crippen LogP contribution in [0.25, 0.3) is 0 Å². The van der Waals surface area contributed by atoms with Crippen LogP contribution in [0.3, 0.4) is 0 Å². The number of carbonyl (C=O) groups excluding carboxylic acids is 2. The van der Waals surface area contributed by atoms with Crippen molar-refractivity contribution in [3.63, 3.8) is 0 Å². The topological polar surface area (TPSA) is 99.2 Å². The van der Waals surface area contributed by atoms with E-state index < -0.39 is 24.6 Å². The number of morpholine rings is 1. The molecule has 1 unspecified atom stereocenters. The van der Waals surface area contributed by atoms with Crippen molar-refractivity contribution in [1.82, 2.24) is 15.1 Å². The molecule has 0 saturated carbocycles. The SMILES string of the molecule is C#CCN(CC(=O)O)C(=O)N1CCOCC1C(=O)NCC. The number of aliphatic carboxylic acids is 1. The average Bonchev–Trinajstić information content (AvgIpc) is 2.46. The molecule has 8 nitrogen and oxygen atoms in total. The number of terminal acetylenes is 1. The Hall–Kier alpha value is -2.27. The normalized spacial score (nSPS) is 17.7. The van der Waals surface area contributed by atoms with Gasteiger partial charge in [-0.2, -0.15) is 0 Å². The van der Waals surface area contributed by atoms with Crippen molar-refractivity contribution in [2.45, 2.75) is 13.0 Å². The minimum Gasteiger partial charge on any atom is -0.480 e. The average molecular weight is 297 g/mol. The summed E-state index contributed by atoms with van der Waals surface area (Å²) < 4.78 is 5.22. The lowest BCUT2D eigenvalue weighted by Gasteiger charge is -2.37. The van der Waals surface area contributed by atoms with Gasteiger partial charge >= 0.3 is 12.0 Å². The van der Waals surface area contributed by atoms with Crippen molar-refractivity contribution in [3.8, 4) is 12.3 Å². The summed E-state index contributed by atoms with van der Waals surface area (Å²) in [5, 5.41) is 11.5. The van der Waals surface area contributed by atoms with Crippen molar-refractivity contribution in [3.05, 3.63) is 0 Å². The summed E-state index contributed by atoms with van der Waals surface area (Å²) in [5.41, 5.74) is 0. The summed E-state index contributed by atoms with van der Waals surface area (Å²) >= 11 is 0. The molecule has 21 heavy (non-hydrogen) atoms. The molecular weight excluding hydrogens is 278 g/mol. The van der Waals surface area contributed by atoms with E-state index in [1.54, 1.807) is 6.92 Å². The number of likely N-dealkylation sites (N-methyl/N-ethyl adjacent to an activating group) is 1. The van der Waals surface area contributed by atoms with E-state index in [1.807, 2.05) is 0 Å². The second-order valence-corrected chi connectivity index (χ2v) is 4.42. The molecule has 2 N–H and O–H groups in total. The van der Waals surface area contributed by atoms with E-state index in [0.717, 1.165) is 4.90 Å². The number of amides is 3. The largest absolute Gasteiger partial charge is 0.480 e. The maximum atomic E-state index is 12.4. The van der Waals surface area contributed by atoms with Gasteiger partial charge in [-0.25, -0.2) is 4.79 Å². The fourth-order valence-electron chi connectivity index (χ4n) is 1.99. The fourth-order valence-corrected chi connectivity index (χ4v) is 1.99. The van der Waals surface area contributed by atoms with E-state index in [9.17, 15) is 14.4 Å². The van der Waals surface area contributed by atoms with E-state index in [2.05, 4.69) is 11.2 Å². The Kier molecular flexibility index (Phi) is 6.49. The van der Waals surface area contributed by atoms with Crippen molar-refractivity contribution in [2.75, 3.05) is 39.4 Å². The second-order valence-electron chi connectivity index (χ2n) is 4.42. The van der Waals surface area contributed by atoms with Crippen LogP contribution in [0.5, 0.6) is 0 Å². The molecular formula is C13H19N3O5. The predicted octanol–water partition coefficient (Wildman–Crippen LogP) is -1.04. The summed E-state index contributed by atoms with van der Waals surface area (Å²) in [6, 6.07) is -1.35. The van der Waals surface area contributed by atoms with Crippen LogP contribution in [0, 0.1) is 12.3 Å². The number of hydrogen-bond acceptors (Lipinski definition) is 4. The molecule has 1 aliphatic rings. The molecule has 0 radical (unpaired) electrons. The molecule has 0 aromatic carbocycles. The van der Waals surface area contributed by atoms with Gasteiger partial charge in [0.2, 0.25) is 5.91 Å². The van der Waals surface area contributed by atoms with E-state index in [1.165, 1.54) is 4.90 Å². The number of carboxylic acid groups (broad SMARTS) is 1. The van der Waals surface area contributed by atoms with Crippen LogP contribution >= 0.6 is 0 Å². The first-order valence-corrected chi connectivity index (χ1v) is 6.57. The molecule has 0 aromatic rings. The first-order valence-electron chi connectivity index (χ1n) is 6.57. The van der Waals surface area contributed by atoms with Gasteiger partial charge in [0.1, 0.15) is 12.6 Å². The van der Waals surface area contributed by atoms with E-state index in [0.29, 0.717) is 13.2 Å². The maximum absolute atomic E-state index is 12.4. The van der Waals surface area contributed by atoms with Crippen molar-refractivity contribution >= 4 is 17.9 Å². The highest BCUT2D eigenvalue weighted by atomic mass is 16.5. The summed E-state index contributed by atoms with van der Waals surface area (Å²) in [4.78, 5) is 37.5. The molecule has 1 aliphatic heterocycles. The third-order valence-corrected chi connectivity index (χ3v) is 2.91. The summed E-state index contributed by atoms with van der Waals surface area (Å²) in [7, 11) is 0. The summed E-state index contributed by atoms with van der Waals surface area (Å²) in [6.07, 6.45) is 5.16. The molecule has 8 heteroatoms. The number of nitrogens with zero attached hydrogens (tertiary/aromatic N) is 2. The van der Waals surface area contributed by atoms with Gasteiger partial charge in [-0.1, -0.05) is 5.92 Å². The second kappa shape index (κ2) is 8.11. The lowest BCUT2D eigenvalue weighted by molar-refractivity contribution is -0.137. The van der Waals surface area contributed by atoms with Gasteiger partial charge in [-0.15, -0.1) is 6.42 Å². The lowest BCUT2D eigenvalue weighted by atomic mass is 10.2. The molecule has 1 atom stereocenters. The zero-order valence-electron chi connectivity index (χ0n) is 11.9. The Balaban J connectivity index is 2.85. The van der Waals surface area contributed by atoms with Crippen LogP contribution in [0.15, 0.2) is 0 Å². The number of carbonyl (C=O) groups is 3. The maximum Gasteiger partial charge on any atom is 0.323 e. The molecule has 1 heterocycles. The lowest BCUT2D eigenvalue weighted by Crippen LogP contribution is -2.59. The van der Waals surface area contributed by atoms with Gasteiger partial charge in [-0.3, -0.25) is 9.59 Å². The predicted molar refractivity (Wildman–Crippen MR) is 73.4 cm³/mol. The Labute approximate surface area is 123 Å². The van der Waals surface area contributed by atoms with Crippen LogP contribution in [0.4, 0.5) is 4.79 Å². The highest BCUT2D eigenvalue weighted by molar-refractivity contribution is 5.88. The fraction of sp³-hybridized carbons (Fsp3) is 0.615. The smallest absolute Gasteiger partial charge is 0.323 e. The molecule has 1 rings (SSSR count). The van der Waals surface area contributed by atoms with E-state index in [4.69, 9.17) is 16.3 Å². The summed E-state index contributed by atoms with van der Waals surface area (Å²) in [5.74, 6) is 0.748. The van der Waals surface area contributed by atoms with Crippen LogP contribution < -0.4 is 5.32 Å². The molecule has 0 spiro atoms. The first-order chi connectivity index (χ1) is 10.0. The quantitative estimate of drug-likeness (QED) is 0.632. The van der Waals surface area contributed by atoms with Gasteiger partial charge in [0, 0.05) is 13.1 Å². The number of hydrogen-bond donors (Lipinski definition) is 2. The van der Waals surface area contributed by atoms with Gasteiger partial charge in [-0.05, 0) is 6.92 Å². The zero-order chi connectivity index (χ0) is 15.8. The molecule has 1 fully saturated rings. The van der Waals surface area contributed by atoms with Gasteiger partial charge in [0.15, 0.2) is 0 Å². The van der Waals surface area contributed by atoms with E-state index >= 15 is 0 Å². The highest BCUT2D eigenvalue weighted by Crippen LogP contribution is 2.11. The third-order valence-electron chi connectivity index (χ3n) is 2.91. The minimum atomic E-state index is -1.17. The Morgan fingerprint density at radius 3 is 2.81 bits per heavy atom. The Morgan fingerprint density at radius 2 is 2.24 bits per heavy atom. The van der Waals surface area contributed by atoms with Gasteiger partial charge in [0.25, 0.3) is 0 Å². The number of carboxylic acids is 1. The van der Waals surface area contributed by atoms with Crippen LogP contribution in [0.1, 0.15) is 6.92 Å². The van der Waals surface area contributed by atoms with Gasteiger partial charge in [0.05, 0.1) is 19.8 Å². The van der Waals surface area contributed by atoms with Crippen molar-refractivity contribution in [1.29, 1.82) is 0 Å². The highest BCUT2D eigenvalue weighted by Gasteiger charge is 2.35. The molecule has 3 amide bonds. The summed E-state index contributed by atoms with van der Waals surface area (Å²) in [6.45, 7) is 2.13. The molecule has 0 aromatic heterocycles. The standard InChI is InChI=1S/C13H19N3O5/c1-3-5-15(8-11(17)18)13(20)16-6-7-21-9-10(16)12(19)14-4-2/h1,10H,4-9H2,2H3,(H,14,19)(H,17,18). The third kappa shape index (κ3) is 4.65. The molecule has 1 saturated heterocycles. The zero-order valence-corrected chi connectivity index (χ0v) is 11.9. The van der Waals surface area contributed by atoms with Crippen LogP contribution in [-0.4, -0.2) is 78.2 Å².